The fourth-order valence-electron chi connectivity index (χ4n) is 2.09. The lowest BCUT2D eigenvalue weighted by Crippen LogP contribution is -2.36. The standard InChI is InChI=1S/C18H16BrClF3NO3/c1-3-24-17(25)10(2)26-16-9-12(5-6-13(16)19)27-15-7-4-11(8-14(15)20)18(21,22)23/h4-10H,3H2,1-2H3,(H,24,25). The topological polar surface area (TPSA) is 47.6 Å². The zero-order chi connectivity index (χ0) is 20.2. The number of nitrogens with one attached hydrogen (secondary N) is 1. The molecule has 0 aliphatic rings. The fraction of sp³-hybridized carbons (Fsp3) is 0.278. The summed E-state index contributed by atoms with van der Waals surface area (Å²) >= 11 is 9.21. The van der Waals surface area contributed by atoms with E-state index in [1.807, 2.05) is 0 Å². The first-order valence-corrected chi connectivity index (χ1v) is 9.07. The van der Waals surface area contributed by atoms with Crippen LogP contribution in [0.15, 0.2) is 40.9 Å². The molecule has 0 bridgehead atoms. The minimum atomic E-state index is -4.49. The van der Waals surface area contributed by atoms with E-state index in [1.54, 1.807) is 26.0 Å². The molecule has 1 N–H and O–H groups in total. The maximum Gasteiger partial charge on any atom is 0.416 e. The largest absolute Gasteiger partial charge is 0.480 e. The third kappa shape index (κ3) is 5.77. The van der Waals surface area contributed by atoms with Crippen LogP contribution in [0.5, 0.6) is 17.2 Å². The van der Waals surface area contributed by atoms with Crippen molar-refractivity contribution in [2.24, 2.45) is 0 Å². The smallest absolute Gasteiger partial charge is 0.416 e. The third-order valence-corrected chi connectivity index (χ3v) is 4.36. The minimum Gasteiger partial charge on any atom is -0.480 e. The Labute approximate surface area is 167 Å². The molecule has 1 amide bonds. The van der Waals surface area contributed by atoms with E-state index in [2.05, 4.69) is 21.2 Å². The maximum absolute atomic E-state index is 12.7. The van der Waals surface area contributed by atoms with Crippen LogP contribution in [-0.2, 0) is 11.0 Å². The first kappa shape index (κ1) is 21.4. The number of likely N-dealkylation sites (N-methyl/N-ethyl adjacent to an activating group) is 1. The summed E-state index contributed by atoms with van der Waals surface area (Å²) in [6.45, 7) is 3.86. The van der Waals surface area contributed by atoms with Gasteiger partial charge < -0.3 is 14.8 Å². The Morgan fingerprint density at radius 1 is 1.22 bits per heavy atom. The van der Waals surface area contributed by atoms with Crippen LogP contribution in [0.1, 0.15) is 19.4 Å². The number of alkyl halides is 3. The molecule has 0 aromatic heterocycles. The lowest BCUT2D eigenvalue weighted by atomic mass is 10.2. The molecular formula is C18H16BrClF3NO3. The van der Waals surface area contributed by atoms with Gasteiger partial charge in [-0.3, -0.25) is 4.79 Å². The van der Waals surface area contributed by atoms with Crippen LogP contribution in [0.25, 0.3) is 0 Å². The summed E-state index contributed by atoms with van der Waals surface area (Å²) in [7, 11) is 0. The van der Waals surface area contributed by atoms with Crippen molar-refractivity contribution in [3.8, 4) is 17.2 Å². The van der Waals surface area contributed by atoms with Gasteiger partial charge in [0.25, 0.3) is 5.91 Å². The Morgan fingerprint density at radius 3 is 2.52 bits per heavy atom. The van der Waals surface area contributed by atoms with Gasteiger partial charge in [-0.15, -0.1) is 0 Å². The monoisotopic (exact) mass is 465 g/mol. The van der Waals surface area contributed by atoms with E-state index < -0.39 is 17.8 Å². The average molecular weight is 467 g/mol. The molecule has 4 nitrogen and oxygen atoms in total. The zero-order valence-corrected chi connectivity index (χ0v) is 16.7. The number of hydrogen-bond acceptors (Lipinski definition) is 3. The first-order valence-electron chi connectivity index (χ1n) is 7.90. The normalized spacial score (nSPS) is 12.4. The second-order valence-corrected chi connectivity index (χ2v) is 6.75. The number of halogens is 5. The van der Waals surface area contributed by atoms with Gasteiger partial charge >= 0.3 is 6.18 Å². The van der Waals surface area contributed by atoms with Gasteiger partial charge in [-0.05, 0) is 60.1 Å². The van der Waals surface area contributed by atoms with Gasteiger partial charge in [0, 0.05) is 12.6 Å². The van der Waals surface area contributed by atoms with Crippen LogP contribution >= 0.6 is 27.5 Å². The SMILES string of the molecule is CCNC(=O)C(C)Oc1cc(Oc2ccc(C(F)(F)F)cc2Cl)ccc1Br. The molecule has 0 aliphatic heterocycles. The van der Waals surface area contributed by atoms with Gasteiger partial charge in [0.05, 0.1) is 15.1 Å². The molecule has 0 fully saturated rings. The molecule has 9 heteroatoms. The highest BCUT2D eigenvalue weighted by molar-refractivity contribution is 9.10. The lowest BCUT2D eigenvalue weighted by Gasteiger charge is -2.16. The molecule has 27 heavy (non-hydrogen) atoms. The Bertz CT molecular complexity index is 830. The van der Waals surface area contributed by atoms with Crippen molar-refractivity contribution in [1.29, 1.82) is 0 Å². The molecule has 0 spiro atoms. The van der Waals surface area contributed by atoms with Gasteiger partial charge in [0.2, 0.25) is 0 Å². The molecule has 0 radical (unpaired) electrons. The van der Waals surface area contributed by atoms with Crippen molar-refractivity contribution in [2.75, 3.05) is 6.54 Å². The van der Waals surface area contributed by atoms with Crippen LogP contribution < -0.4 is 14.8 Å². The minimum absolute atomic E-state index is 0.0645. The number of amides is 1. The predicted molar refractivity (Wildman–Crippen MR) is 99.4 cm³/mol. The molecule has 146 valence electrons. The van der Waals surface area contributed by atoms with E-state index in [1.165, 1.54) is 6.07 Å². The maximum atomic E-state index is 12.7. The zero-order valence-electron chi connectivity index (χ0n) is 14.4. The van der Waals surface area contributed by atoms with Crippen molar-refractivity contribution in [3.63, 3.8) is 0 Å². The highest BCUT2D eigenvalue weighted by atomic mass is 79.9. The first-order chi connectivity index (χ1) is 12.6. The molecular weight excluding hydrogens is 451 g/mol. The average Bonchev–Trinajstić information content (AvgIpc) is 2.58. The Morgan fingerprint density at radius 2 is 1.93 bits per heavy atom. The Hall–Kier alpha value is -1.93. The quantitative estimate of drug-likeness (QED) is 0.584. The van der Waals surface area contributed by atoms with Crippen LogP contribution in [0, 0.1) is 0 Å². The van der Waals surface area contributed by atoms with Crippen molar-refractivity contribution in [1.82, 2.24) is 5.32 Å². The molecule has 2 aromatic rings. The highest BCUT2D eigenvalue weighted by Crippen LogP contribution is 2.38. The van der Waals surface area contributed by atoms with E-state index in [0.717, 1.165) is 18.2 Å². The predicted octanol–water partition coefficient (Wildman–Crippen LogP) is 5.82. The fourth-order valence-corrected chi connectivity index (χ4v) is 2.65. The van der Waals surface area contributed by atoms with Crippen molar-refractivity contribution in [3.05, 3.63) is 51.5 Å². The van der Waals surface area contributed by atoms with Gasteiger partial charge in [-0.1, -0.05) is 11.6 Å². The van der Waals surface area contributed by atoms with E-state index in [-0.39, 0.29) is 22.4 Å². The van der Waals surface area contributed by atoms with Gasteiger partial charge in [0.15, 0.2) is 6.10 Å². The number of hydrogen-bond donors (Lipinski definition) is 1. The number of carbonyl (C=O) groups is 1. The van der Waals surface area contributed by atoms with Gasteiger partial charge in [-0.2, -0.15) is 13.2 Å². The van der Waals surface area contributed by atoms with Crippen molar-refractivity contribution >= 4 is 33.4 Å². The molecule has 1 atom stereocenters. The summed E-state index contributed by atoms with van der Waals surface area (Å²) in [5.74, 6) is 0.420. The van der Waals surface area contributed by atoms with Gasteiger partial charge in [-0.25, -0.2) is 0 Å². The molecule has 2 rings (SSSR count). The van der Waals surface area contributed by atoms with E-state index in [9.17, 15) is 18.0 Å². The summed E-state index contributed by atoms with van der Waals surface area (Å²) in [4.78, 5) is 11.8. The van der Waals surface area contributed by atoms with Crippen LogP contribution in [-0.4, -0.2) is 18.6 Å². The molecule has 0 heterocycles. The second-order valence-electron chi connectivity index (χ2n) is 5.49. The third-order valence-electron chi connectivity index (χ3n) is 3.41. The van der Waals surface area contributed by atoms with Crippen molar-refractivity contribution < 1.29 is 27.4 Å². The molecule has 0 aliphatic carbocycles. The molecule has 0 saturated carbocycles. The van der Waals surface area contributed by atoms with Crippen LogP contribution in [0.2, 0.25) is 5.02 Å². The highest BCUT2D eigenvalue weighted by Gasteiger charge is 2.31. The number of rotatable bonds is 6. The number of carbonyl (C=O) groups excluding carboxylic acids is 1. The summed E-state index contributed by atoms with van der Waals surface area (Å²) in [5, 5.41) is 2.47. The van der Waals surface area contributed by atoms with Crippen LogP contribution in [0.3, 0.4) is 0 Å². The van der Waals surface area contributed by atoms with E-state index >= 15 is 0 Å². The second kappa shape index (κ2) is 8.84. The molecule has 2 aromatic carbocycles. The number of ether oxygens (including phenoxy) is 2. The van der Waals surface area contributed by atoms with Gasteiger partial charge in [0.1, 0.15) is 17.2 Å². The summed E-state index contributed by atoms with van der Waals surface area (Å²) in [6, 6.07) is 7.55. The summed E-state index contributed by atoms with van der Waals surface area (Å²) < 4.78 is 49.9. The van der Waals surface area contributed by atoms with E-state index in [0.29, 0.717) is 16.8 Å². The van der Waals surface area contributed by atoms with Crippen molar-refractivity contribution in [2.45, 2.75) is 26.1 Å². The van der Waals surface area contributed by atoms with Crippen LogP contribution in [0.4, 0.5) is 13.2 Å². The van der Waals surface area contributed by atoms with E-state index in [4.69, 9.17) is 21.1 Å². The lowest BCUT2D eigenvalue weighted by molar-refractivity contribution is -0.137. The Balaban J connectivity index is 2.20. The Kier molecular flexibility index (Phi) is 7.00. The summed E-state index contributed by atoms with van der Waals surface area (Å²) in [6.07, 6.45) is -5.23. The molecule has 1 unspecified atom stereocenters. The number of benzene rings is 2. The summed E-state index contributed by atoms with van der Waals surface area (Å²) in [5.41, 5.74) is -0.865. The molecule has 0 saturated heterocycles.